The van der Waals surface area contributed by atoms with Crippen LogP contribution in [-0.2, 0) is 15.9 Å². The zero-order valence-electron chi connectivity index (χ0n) is 19.0. The number of phenolic OH excluding ortho intramolecular Hbond substituents is 2. The number of rotatable bonds is 2. The summed E-state index contributed by atoms with van der Waals surface area (Å²) in [7, 11) is 0. The molecule has 10 heteroatoms. The molecule has 0 aromatic heterocycles. The van der Waals surface area contributed by atoms with Crippen LogP contribution in [-0.4, -0.2) is 78.5 Å². The predicted octanol–water partition coefficient (Wildman–Crippen LogP) is 0.456. The summed E-state index contributed by atoms with van der Waals surface area (Å²) in [6.07, 6.45) is -7.92. The summed E-state index contributed by atoms with van der Waals surface area (Å²) in [4.78, 5) is 26.5. The maximum absolute atomic E-state index is 13.3. The Morgan fingerprint density at radius 3 is 2.43 bits per heavy atom. The summed E-state index contributed by atoms with van der Waals surface area (Å²) in [5.41, 5.74) is -1.37. The van der Waals surface area contributed by atoms with Gasteiger partial charge in [0, 0.05) is 29.5 Å². The van der Waals surface area contributed by atoms with E-state index in [1.54, 1.807) is 6.92 Å². The number of phenols is 2. The smallest absolute Gasteiger partial charge is 0.201 e. The highest BCUT2D eigenvalue weighted by molar-refractivity contribution is 6.30. The SMILES string of the molecule is CC1OC(OC2CC(C)(O)Cc3cc4c(c(O)c32)C(=O)c2c(O)cccc2C4=O)C(O)C(O)C1O. The average molecular weight is 486 g/mol. The highest BCUT2D eigenvalue weighted by atomic mass is 16.7. The molecule has 0 radical (unpaired) electrons. The summed E-state index contributed by atoms with van der Waals surface area (Å²) in [5, 5.41) is 62.9. The highest BCUT2D eigenvalue weighted by Gasteiger charge is 2.47. The molecule has 3 aliphatic rings. The van der Waals surface area contributed by atoms with Gasteiger partial charge < -0.3 is 40.1 Å². The topological polar surface area (TPSA) is 174 Å². The van der Waals surface area contributed by atoms with E-state index in [-0.39, 0.29) is 46.4 Å². The van der Waals surface area contributed by atoms with E-state index in [2.05, 4.69) is 0 Å². The van der Waals surface area contributed by atoms with E-state index in [1.165, 1.54) is 31.2 Å². The number of fused-ring (bicyclic) bond motifs is 3. The Morgan fingerprint density at radius 1 is 1.00 bits per heavy atom. The maximum Gasteiger partial charge on any atom is 0.201 e. The zero-order valence-corrected chi connectivity index (χ0v) is 19.0. The van der Waals surface area contributed by atoms with Gasteiger partial charge in [0.05, 0.1) is 28.9 Å². The normalized spacial score (nSPS) is 34.2. The van der Waals surface area contributed by atoms with E-state index >= 15 is 0 Å². The average Bonchev–Trinajstić information content (AvgIpc) is 2.78. The van der Waals surface area contributed by atoms with Gasteiger partial charge in [-0.1, -0.05) is 12.1 Å². The fourth-order valence-electron chi connectivity index (χ4n) is 5.28. The third kappa shape index (κ3) is 3.65. The van der Waals surface area contributed by atoms with Crippen LogP contribution >= 0.6 is 0 Å². The fourth-order valence-corrected chi connectivity index (χ4v) is 5.28. The molecule has 2 aromatic carbocycles. The van der Waals surface area contributed by atoms with Gasteiger partial charge in [-0.25, -0.2) is 0 Å². The Bertz CT molecular complexity index is 1240. The van der Waals surface area contributed by atoms with E-state index in [4.69, 9.17) is 9.47 Å². The lowest BCUT2D eigenvalue weighted by molar-refractivity contribution is -0.308. The van der Waals surface area contributed by atoms with E-state index in [0.29, 0.717) is 5.56 Å². The molecule has 1 saturated heterocycles. The van der Waals surface area contributed by atoms with E-state index in [0.717, 1.165) is 0 Å². The van der Waals surface area contributed by atoms with Crippen molar-refractivity contribution in [3.63, 3.8) is 0 Å². The molecule has 10 nitrogen and oxygen atoms in total. The lowest BCUT2D eigenvalue weighted by atomic mass is 9.74. The second-order valence-corrected chi connectivity index (χ2v) is 9.76. The fraction of sp³-hybridized carbons (Fsp3) is 0.440. The molecule has 7 unspecified atom stereocenters. The Hall–Kier alpha value is -2.86. The summed E-state index contributed by atoms with van der Waals surface area (Å²) in [6, 6.07) is 5.57. The predicted molar refractivity (Wildman–Crippen MR) is 118 cm³/mol. The Labute approximate surface area is 200 Å². The summed E-state index contributed by atoms with van der Waals surface area (Å²) in [6.45, 7) is 3.03. The number of carbonyl (C=O) groups is 2. The van der Waals surface area contributed by atoms with Crippen LogP contribution < -0.4 is 0 Å². The van der Waals surface area contributed by atoms with Crippen LogP contribution in [0.3, 0.4) is 0 Å². The van der Waals surface area contributed by atoms with Gasteiger partial charge in [0.2, 0.25) is 5.78 Å². The van der Waals surface area contributed by atoms with Crippen molar-refractivity contribution < 1.29 is 49.7 Å². The van der Waals surface area contributed by atoms with Crippen molar-refractivity contribution >= 4 is 11.6 Å². The standard InChI is InChI=1S/C25H26O10/c1-9-18(27)22(31)23(32)24(34-9)35-14-8-25(2,33)7-10-6-12-17(20(29)15(10)14)21(30)16-11(19(12)28)4-3-5-13(16)26/h3-6,9,14,18,22-24,26-27,29,31-33H,7-8H2,1-2H3. The van der Waals surface area contributed by atoms with Crippen molar-refractivity contribution in [2.24, 2.45) is 0 Å². The Balaban J connectivity index is 1.61. The molecule has 0 saturated carbocycles. The van der Waals surface area contributed by atoms with Gasteiger partial charge in [-0.3, -0.25) is 9.59 Å². The monoisotopic (exact) mass is 486 g/mol. The van der Waals surface area contributed by atoms with Crippen LogP contribution in [0.4, 0.5) is 0 Å². The first-order chi connectivity index (χ1) is 16.4. The van der Waals surface area contributed by atoms with Gasteiger partial charge in [0.25, 0.3) is 0 Å². The number of benzene rings is 2. The minimum absolute atomic E-state index is 0.0116. The highest BCUT2D eigenvalue weighted by Crippen LogP contribution is 2.48. The van der Waals surface area contributed by atoms with Crippen LogP contribution in [0.25, 0.3) is 0 Å². The number of aromatic hydroxyl groups is 2. The number of hydrogen-bond donors (Lipinski definition) is 6. The minimum Gasteiger partial charge on any atom is -0.507 e. The number of hydrogen-bond acceptors (Lipinski definition) is 10. The molecule has 2 aliphatic carbocycles. The summed E-state index contributed by atoms with van der Waals surface area (Å²) < 4.78 is 11.4. The molecule has 1 fully saturated rings. The number of aliphatic hydroxyl groups excluding tert-OH is 3. The van der Waals surface area contributed by atoms with Crippen molar-refractivity contribution in [2.75, 3.05) is 0 Å². The van der Waals surface area contributed by atoms with Crippen LogP contribution in [0.1, 0.15) is 69.3 Å². The number of ketones is 2. The molecular weight excluding hydrogens is 460 g/mol. The van der Waals surface area contributed by atoms with E-state index in [9.17, 15) is 40.2 Å². The molecule has 7 atom stereocenters. The van der Waals surface area contributed by atoms with Crippen LogP contribution in [0.15, 0.2) is 24.3 Å². The Kier molecular flexibility index (Phi) is 5.51. The van der Waals surface area contributed by atoms with Gasteiger partial charge in [-0.05, 0) is 31.5 Å². The van der Waals surface area contributed by atoms with Gasteiger partial charge in [0.1, 0.15) is 29.8 Å². The zero-order chi connectivity index (χ0) is 25.4. The number of carbonyl (C=O) groups excluding carboxylic acids is 2. The quantitative estimate of drug-likeness (QED) is 0.299. The van der Waals surface area contributed by atoms with Crippen LogP contribution in [0.5, 0.6) is 11.5 Å². The van der Waals surface area contributed by atoms with Crippen molar-refractivity contribution in [3.05, 3.63) is 57.6 Å². The summed E-state index contributed by atoms with van der Waals surface area (Å²) >= 11 is 0. The largest absolute Gasteiger partial charge is 0.507 e. The molecule has 35 heavy (non-hydrogen) atoms. The molecule has 0 bridgehead atoms. The van der Waals surface area contributed by atoms with E-state index in [1.807, 2.05) is 0 Å². The Morgan fingerprint density at radius 2 is 1.71 bits per heavy atom. The second-order valence-electron chi connectivity index (χ2n) is 9.76. The number of ether oxygens (including phenoxy) is 2. The van der Waals surface area contributed by atoms with Crippen molar-refractivity contribution in [1.82, 2.24) is 0 Å². The molecule has 6 N–H and O–H groups in total. The molecule has 1 aliphatic heterocycles. The lowest BCUT2D eigenvalue weighted by Gasteiger charge is -2.43. The van der Waals surface area contributed by atoms with Gasteiger partial charge in [-0.15, -0.1) is 0 Å². The first kappa shape index (κ1) is 23.9. The number of aliphatic hydroxyl groups is 4. The molecule has 186 valence electrons. The van der Waals surface area contributed by atoms with Crippen molar-refractivity contribution in [2.45, 2.75) is 69.1 Å². The molecule has 0 spiro atoms. The molecule has 2 aromatic rings. The molecule has 1 heterocycles. The lowest BCUT2D eigenvalue weighted by Crippen LogP contribution is -2.57. The third-order valence-corrected chi connectivity index (χ3v) is 7.04. The van der Waals surface area contributed by atoms with Gasteiger partial charge >= 0.3 is 0 Å². The molecule has 0 amide bonds. The van der Waals surface area contributed by atoms with Crippen LogP contribution in [0.2, 0.25) is 0 Å². The van der Waals surface area contributed by atoms with E-state index < -0.39 is 59.7 Å². The first-order valence-electron chi connectivity index (χ1n) is 11.3. The minimum atomic E-state index is -1.62. The van der Waals surface area contributed by atoms with Gasteiger partial charge in [0.15, 0.2) is 12.1 Å². The van der Waals surface area contributed by atoms with Crippen molar-refractivity contribution in [1.29, 1.82) is 0 Å². The first-order valence-corrected chi connectivity index (χ1v) is 11.3. The van der Waals surface area contributed by atoms with Gasteiger partial charge in [-0.2, -0.15) is 0 Å². The van der Waals surface area contributed by atoms with Crippen LogP contribution in [0, 0.1) is 0 Å². The molecule has 5 rings (SSSR count). The molecular formula is C25H26O10. The maximum atomic E-state index is 13.3. The van der Waals surface area contributed by atoms with Crippen molar-refractivity contribution in [3.8, 4) is 11.5 Å². The second kappa shape index (κ2) is 8.09. The third-order valence-electron chi connectivity index (χ3n) is 7.04. The summed E-state index contributed by atoms with van der Waals surface area (Å²) in [5.74, 6) is -2.20.